The number of ether oxygens (including phenoxy) is 1. The van der Waals surface area contributed by atoms with Crippen LogP contribution in [0.5, 0.6) is 11.5 Å². The van der Waals surface area contributed by atoms with Crippen molar-refractivity contribution >= 4 is 10.0 Å². The Morgan fingerprint density at radius 1 is 1.15 bits per heavy atom. The first-order valence-electron chi connectivity index (χ1n) is 5.71. The summed E-state index contributed by atoms with van der Waals surface area (Å²) in [6, 6.07) is 13.2. The Kier molecular flexibility index (Phi) is 3.74. The van der Waals surface area contributed by atoms with Gasteiger partial charge in [-0.15, -0.1) is 0 Å². The number of rotatable bonds is 3. The third-order valence-corrected chi connectivity index (χ3v) is 3.72. The lowest BCUT2D eigenvalue weighted by Crippen LogP contribution is -2.13. The Balaban J connectivity index is 2.32. The lowest BCUT2D eigenvalue weighted by molar-refractivity contribution is 0.481. The van der Waals surface area contributed by atoms with Gasteiger partial charge in [-0.25, -0.2) is 13.6 Å². The maximum atomic E-state index is 11.3. The monoisotopic (exact) mass is 288 g/mol. The van der Waals surface area contributed by atoms with Crippen LogP contribution in [0, 0.1) is 18.3 Å². The number of nitriles is 1. The third-order valence-electron chi connectivity index (χ3n) is 2.65. The van der Waals surface area contributed by atoms with Gasteiger partial charge >= 0.3 is 0 Å². The summed E-state index contributed by atoms with van der Waals surface area (Å²) in [6.45, 7) is 1.64. The number of hydrogen-bond acceptors (Lipinski definition) is 4. The van der Waals surface area contributed by atoms with E-state index < -0.39 is 10.0 Å². The maximum absolute atomic E-state index is 11.3. The van der Waals surface area contributed by atoms with E-state index in [0.717, 1.165) is 0 Å². The molecular weight excluding hydrogens is 276 g/mol. The number of sulfonamides is 1. The van der Waals surface area contributed by atoms with Gasteiger partial charge in [0, 0.05) is 0 Å². The molecule has 0 fully saturated rings. The van der Waals surface area contributed by atoms with Crippen molar-refractivity contribution in [3.8, 4) is 17.6 Å². The summed E-state index contributed by atoms with van der Waals surface area (Å²) >= 11 is 0. The van der Waals surface area contributed by atoms with Crippen molar-refractivity contribution in [1.29, 1.82) is 5.26 Å². The number of nitrogens with two attached hydrogens (primary N) is 1. The van der Waals surface area contributed by atoms with E-state index in [1.165, 1.54) is 12.1 Å². The summed E-state index contributed by atoms with van der Waals surface area (Å²) in [7, 11) is -3.73. The lowest BCUT2D eigenvalue weighted by atomic mass is 10.2. The number of benzene rings is 2. The van der Waals surface area contributed by atoms with Crippen molar-refractivity contribution in [2.45, 2.75) is 11.8 Å². The second-order valence-corrected chi connectivity index (χ2v) is 5.74. The van der Waals surface area contributed by atoms with Crippen molar-refractivity contribution in [1.82, 2.24) is 0 Å². The molecule has 0 saturated heterocycles. The molecule has 20 heavy (non-hydrogen) atoms. The summed E-state index contributed by atoms with van der Waals surface area (Å²) in [5.74, 6) is 0.983. The van der Waals surface area contributed by atoms with E-state index in [2.05, 4.69) is 0 Å². The van der Waals surface area contributed by atoms with Crippen molar-refractivity contribution in [3.63, 3.8) is 0 Å². The van der Waals surface area contributed by atoms with E-state index >= 15 is 0 Å². The Morgan fingerprint density at radius 2 is 1.85 bits per heavy atom. The molecule has 0 aliphatic carbocycles. The molecular formula is C14H12N2O3S. The highest BCUT2D eigenvalue weighted by atomic mass is 32.2. The molecule has 2 aromatic rings. The zero-order valence-electron chi connectivity index (χ0n) is 10.7. The Hall–Kier alpha value is -2.36. The fourth-order valence-corrected chi connectivity index (χ4v) is 2.54. The normalized spacial score (nSPS) is 10.8. The van der Waals surface area contributed by atoms with Gasteiger partial charge in [0.1, 0.15) is 11.5 Å². The van der Waals surface area contributed by atoms with Gasteiger partial charge < -0.3 is 4.74 Å². The third kappa shape index (κ3) is 3.15. The van der Waals surface area contributed by atoms with Crippen LogP contribution in [0.1, 0.15) is 11.1 Å². The van der Waals surface area contributed by atoms with E-state index in [0.29, 0.717) is 22.6 Å². The molecule has 5 nitrogen and oxygen atoms in total. The molecule has 0 spiro atoms. The second kappa shape index (κ2) is 5.33. The summed E-state index contributed by atoms with van der Waals surface area (Å²) in [5.41, 5.74) is 0.988. The summed E-state index contributed by atoms with van der Waals surface area (Å²) in [6.07, 6.45) is 0. The van der Waals surface area contributed by atoms with Gasteiger partial charge in [0.25, 0.3) is 0 Å². The topological polar surface area (TPSA) is 93.2 Å². The highest BCUT2D eigenvalue weighted by molar-refractivity contribution is 7.89. The van der Waals surface area contributed by atoms with E-state index in [1.54, 1.807) is 37.3 Å². The molecule has 0 atom stereocenters. The summed E-state index contributed by atoms with van der Waals surface area (Å²) in [5, 5.41) is 13.9. The maximum Gasteiger partial charge on any atom is 0.238 e. The molecule has 6 heteroatoms. The fourth-order valence-electron chi connectivity index (χ4n) is 1.77. The molecule has 2 rings (SSSR count). The summed E-state index contributed by atoms with van der Waals surface area (Å²) < 4.78 is 28.2. The van der Waals surface area contributed by atoms with Crippen LogP contribution in [0.4, 0.5) is 0 Å². The smallest absolute Gasteiger partial charge is 0.238 e. The van der Waals surface area contributed by atoms with Crippen LogP contribution in [0.2, 0.25) is 0 Å². The largest absolute Gasteiger partial charge is 0.457 e. The quantitative estimate of drug-likeness (QED) is 0.937. The van der Waals surface area contributed by atoms with E-state index in [1.807, 2.05) is 6.07 Å². The van der Waals surface area contributed by atoms with Gasteiger partial charge in [-0.2, -0.15) is 5.26 Å². The van der Waals surface area contributed by atoms with Crippen molar-refractivity contribution in [2.24, 2.45) is 5.14 Å². The van der Waals surface area contributed by atoms with Gasteiger partial charge in [-0.1, -0.05) is 6.07 Å². The van der Waals surface area contributed by atoms with Gasteiger partial charge in [0.05, 0.1) is 16.5 Å². The molecule has 0 unspecified atom stereocenters. The summed E-state index contributed by atoms with van der Waals surface area (Å²) in [4.78, 5) is 0.0654. The SMILES string of the molecule is Cc1cc(Oc2cccc(C#N)c2)ccc1S(N)(=O)=O. The minimum atomic E-state index is -3.73. The molecule has 2 N–H and O–H groups in total. The van der Waals surface area contributed by atoms with Crippen LogP contribution in [0.15, 0.2) is 47.4 Å². The average Bonchev–Trinajstić information content (AvgIpc) is 2.37. The Labute approximate surface area is 117 Å². The van der Waals surface area contributed by atoms with Crippen molar-refractivity contribution in [3.05, 3.63) is 53.6 Å². The number of aryl methyl sites for hydroxylation is 1. The highest BCUT2D eigenvalue weighted by Gasteiger charge is 2.12. The predicted octanol–water partition coefficient (Wildman–Crippen LogP) is 2.31. The zero-order valence-corrected chi connectivity index (χ0v) is 11.5. The van der Waals surface area contributed by atoms with Crippen molar-refractivity contribution in [2.75, 3.05) is 0 Å². The molecule has 0 aliphatic rings. The molecule has 0 aromatic heterocycles. The first-order valence-corrected chi connectivity index (χ1v) is 7.26. The minimum Gasteiger partial charge on any atom is -0.457 e. The van der Waals surface area contributed by atoms with Crippen LogP contribution in [-0.4, -0.2) is 8.42 Å². The molecule has 0 radical (unpaired) electrons. The molecule has 0 bridgehead atoms. The van der Waals surface area contributed by atoms with Gasteiger partial charge in [-0.05, 0) is 48.9 Å². The van der Waals surface area contributed by atoms with Gasteiger partial charge in [0.2, 0.25) is 10.0 Å². The molecule has 0 amide bonds. The minimum absolute atomic E-state index is 0.0654. The Bertz CT molecular complexity index is 792. The number of hydrogen-bond donors (Lipinski definition) is 1. The second-order valence-electron chi connectivity index (χ2n) is 4.21. The predicted molar refractivity (Wildman–Crippen MR) is 73.8 cm³/mol. The average molecular weight is 288 g/mol. The van der Waals surface area contributed by atoms with Gasteiger partial charge in [0.15, 0.2) is 0 Å². The van der Waals surface area contributed by atoms with Crippen LogP contribution in [-0.2, 0) is 10.0 Å². The fraction of sp³-hybridized carbons (Fsp3) is 0.0714. The standard InChI is InChI=1S/C14H12N2O3S/c1-10-7-13(5-6-14(10)20(16,17)18)19-12-4-2-3-11(8-12)9-15/h2-8H,1H3,(H2,16,17,18). The van der Waals surface area contributed by atoms with Crippen LogP contribution >= 0.6 is 0 Å². The number of primary sulfonamides is 1. The number of nitrogens with zero attached hydrogens (tertiary/aromatic N) is 1. The molecule has 2 aromatic carbocycles. The Morgan fingerprint density at radius 3 is 2.45 bits per heavy atom. The van der Waals surface area contributed by atoms with Crippen molar-refractivity contribution < 1.29 is 13.2 Å². The van der Waals surface area contributed by atoms with Crippen LogP contribution in [0.3, 0.4) is 0 Å². The van der Waals surface area contributed by atoms with E-state index in [-0.39, 0.29) is 4.90 Å². The highest BCUT2D eigenvalue weighted by Crippen LogP contribution is 2.25. The first-order chi connectivity index (χ1) is 9.40. The van der Waals surface area contributed by atoms with Crippen LogP contribution in [0.25, 0.3) is 0 Å². The van der Waals surface area contributed by atoms with E-state index in [4.69, 9.17) is 15.1 Å². The molecule has 0 aliphatic heterocycles. The molecule has 0 saturated carbocycles. The lowest BCUT2D eigenvalue weighted by Gasteiger charge is -2.09. The molecule has 0 heterocycles. The zero-order chi connectivity index (χ0) is 14.8. The molecule has 102 valence electrons. The van der Waals surface area contributed by atoms with Gasteiger partial charge in [-0.3, -0.25) is 0 Å². The first kappa shape index (κ1) is 14.1. The van der Waals surface area contributed by atoms with Crippen LogP contribution < -0.4 is 9.88 Å². The van der Waals surface area contributed by atoms with E-state index in [9.17, 15) is 8.42 Å².